The summed E-state index contributed by atoms with van der Waals surface area (Å²) in [5, 5.41) is 5.65. The average Bonchev–Trinajstić information content (AvgIpc) is 2.63. The molecule has 2 amide bonds. The molecule has 0 saturated heterocycles. The first-order chi connectivity index (χ1) is 12.8. The lowest BCUT2D eigenvalue weighted by molar-refractivity contribution is -0.152. The molecular weight excluding hydrogens is 368 g/mol. The second-order valence-electron chi connectivity index (χ2n) is 6.11. The van der Waals surface area contributed by atoms with Crippen LogP contribution in [-0.4, -0.2) is 30.4 Å². The minimum Gasteiger partial charge on any atom is -0.451 e. The van der Waals surface area contributed by atoms with Gasteiger partial charge in [0.1, 0.15) is 6.54 Å². The molecule has 0 aliphatic rings. The number of benzene rings is 2. The molecule has 0 aliphatic carbocycles. The minimum absolute atomic E-state index is 0.329. The molecule has 0 radical (unpaired) electrons. The standard InChI is InChI=1S/C20H21ClN2O4/c1-12-4-5-15(10-13(12)2)20(26)22-11-18(24)27-14(3)19(25)23-17-8-6-16(21)7-9-17/h4-10,14H,11H2,1-3H3,(H,22,26)(H,23,25)/t14-/m1/s1. The van der Waals surface area contributed by atoms with E-state index in [1.54, 1.807) is 36.4 Å². The Kier molecular flexibility index (Phi) is 6.96. The van der Waals surface area contributed by atoms with Crippen LogP contribution >= 0.6 is 11.6 Å². The van der Waals surface area contributed by atoms with Crippen LogP contribution in [0.5, 0.6) is 0 Å². The summed E-state index contributed by atoms with van der Waals surface area (Å²) in [5.41, 5.74) is 3.05. The summed E-state index contributed by atoms with van der Waals surface area (Å²) in [5.74, 6) is -1.56. The van der Waals surface area contributed by atoms with E-state index in [2.05, 4.69) is 10.6 Å². The fourth-order valence-corrected chi connectivity index (χ4v) is 2.33. The Hall–Kier alpha value is -2.86. The summed E-state index contributed by atoms with van der Waals surface area (Å²) >= 11 is 5.78. The number of halogens is 1. The molecule has 0 saturated carbocycles. The Morgan fingerprint density at radius 1 is 1.04 bits per heavy atom. The van der Waals surface area contributed by atoms with E-state index >= 15 is 0 Å². The Bertz CT molecular complexity index is 850. The van der Waals surface area contributed by atoms with Crippen molar-refractivity contribution < 1.29 is 19.1 Å². The van der Waals surface area contributed by atoms with E-state index in [4.69, 9.17) is 16.3 Å². The molecule has 0 fully saturated rings. The number of aryl methyl sites for hydroxylation is 2. The van der Waals surface area contributed by atoms with Crippen LogP contribution in [0.15, 0.2) is 42.5 Å². The van der Waals surface area contributed by atoms with Gasteiger partial charge in [0.15, 0.2) is 6.10 Å². The molecule has 27 heavy (non-hydrogen) atoms. The smallest absolute Gasteiger partial charge is 0.326 e. The van der Waals surface area contributed by atoms with Crippen molar-refractivity contribution in [1.29, 1.82) is 0 Å². The first-order valence-electron chi connectivity index (χ1n) is 8.37. The van der Waals surface area contributed by atoms with Crippen LogP contribution in [0, 0.1) is 13.8 Å². The molecule has 6 nitrogen and oxygen atoms in total. The minimum atomic E-state index is -1.01. The summed E-state index contributed by atoms with van der Waals surface area (Å²) in [6, 6.07) is 11.8. The van der Waals surface area contributed by atoms with E-state index in [1.165, 1.54) is 6.92 Å². The number of nitrogens with one attached hydrogen (secondary N) is 2. The van der Waals surface area contributed by atoms with Crippen molar-refractivity contribution in [2.45, 2.75) is 26.9 Å². The van der Waals surface area contributed by atoms with E-state index in [1.807, 2.05) is 19.9 Å². The largest absolute Gasteiger partial charge is 0.451 e. The van der Waals surface area contributed by atoms with Gasteiger partial charge in [-0.3, -0.25) is 14.4 Å². The first kappa shape index (κ1) is 20.5. The lowest BCUT2D eigenvalue weighted by Gasteiger charge is -2.14. The van der Waals surface area contributed by atoms with Gasteiger partial charge in [0.05, 0.1) is 0 Å². The number of hydrogen-bond donors (Lipinski definition) is 2. The summed E-state index contributed by atoms with van der Waals surface area (Å²) in [6.45, 7) is 4.98. The van der Waals surface area contributed by atoms with Gasteiger partial charge < -0.3 is 15.4 Å². The Morgan fingerprint density at radius 3 is 2.33 bits per heavy atom. The van der Waals surface area contributed by atoms with Gasteiger partial charge in [0.25, 0.3) is 11.8 Å². The van der Waals surface area contributed by atoms with Crippen molar-refractivity contribution in [3.63, 3.8) is 0 Å². The van der Waals surface area contributed by atoms with E-state index in [0.29, 0.717) is 16.3 Å². The summed E-state index contributed by atoms with van der Waals surface area (Å²) in [6.07, 6.45) is -1.01. The maximum absolute atomic E-state index is 12.1. The van der Waals surface area contributed by atoms with E-state index < -0.39 is 18.0 Å². The summed E-state index contributed by atoms with van der Waals surface area (Å²) in [7, 11) is 0. The van der Waals surface area contributed by atoms with Crippen LogP contribution in [0.3, 0.4) is 0 Å². The lowest BCUT2D eigenvalue weighted by Crippen LogP contribution is -2.35. The molecule has 0 heterocycles. The topological polar surface area (TPSA) is 84.5 Å². The van der Waals surface area contributed by atoms with Crippen molar-refractivity contribution in [3.8, 4) is 0 Å². The number of hydrogen-bond acceptors (Lipinski definition) is 4. The first-order valence-corrected chi connectivity index (χ1v) is 8.75. The Balaban J connectivity index is 1.81. The normalized spacial score (nSPS) is 11.4. The number of esters is 1. The maximum atomic E-state index is 12.1. The zero-order valence-corrected chi connectivity index (χ0v) is 16.1. The van der Waals surface area contributed by atoms with Gasteiger partial charge in [-0.2, -0.15) is 0 Å². The molecule has 1 atom stereocenters. The molecule has 2 aromatic rings. The maximum Gasteiger partial charge on any atom is 0.326 e. The van der Waals surface area contributed by atoms with Gasteiger partial charge in [0.2, 0.25) is 0 Å². The molecule has 2 rings (SSSR count). The number of anilines is 1. The third-order valence-electron chi connectivity index (χ3n) is 3.95. The van der Waals surface area contributed by atoms with Crippen LogP contribution in [0.25, 0.3) is 0 Å². The number of carbonyl (C=O) groups excluding carboxylic acids is 3. The van der Waals surface area contributed by atoms with E-state index in [0.717, 1.165) is 11.1 Å². The zero-order valence-electron chi connectivity index (χ0n) is 15.3. The zero-order chi connectivity index (χ0) is 20.0. The van der Waals surface area contributed by atoms with Crippen molar-refractivity contribution in [3.05, 3.63) is 64.2 Å². The fourth-order valence-electron chi connectivity index (χ4n) is 2.21. The monoisotopic (exact) mass is 388 g/mol. The molecule has 0 bridgehead atoms. The highest BCUT2D eigenvalue weighted by Gasteiger charge is 2.18. The van der Waals surface area contributed by atoms with E-state index in [9.17, 15) is 14.4 Å². The molecule has 7 heteroatoms. The van der Waals surface area contributed by atoms with Gasteiger partial charge in [-0.25, -0.2) is 0 Å². The quantitative estimate of drug-likeness (QED) is 0.744. The van der Waals surface area contributed by atoms with Crippen LogP contribution in [0.4, 0.5) is 5.69 Å². The Morgan fingerprint density at radius 2 is 1.70 bits per heavy atom. The van der Waals surface area contributed by atoms with Gasteiger partial charge in [-0.15, -0.1) is 0 Å². The van der Waals surface area contributed by atoms with Crippen LogP contribution in [0.1, 0.15) is 28.4 Å². The fraction of sp³-hybridized carbons (Fsp3) is 0.250. The number of ether oxygens (including phenoxy) is 1. The predicted octanol–water partition coefficient (Wildman–Crippen LogP) is 3.26. The highest BCUT2D eigenvalue weighted by molar-refractivity contribution is 6.30. The van der Waals surface area contributed by atoms with Crippen molar-refractivity contribution in [2.75, 3.05) is 11.9 Å². The predicted molar refractivity (Wildman–Crippen MR) is 104 cm³/mol. The second-order valence-corrected chi connectivity index (χ2v) is 6.55. The van der Waals surface area contributed by atoms with Gasteiger partial charge in [-0.05, 0) is 68.3 Å². The number of amides is 2. The third-order valence-corrected chi connectivity index (χ3v) is 4.20. The van der Waals surface area contributed by atoms with Gasteiger partial charge in [-0.1, -0.05) is 17.7 Å². The molecular formula is C20H21ClN2O4. The number of rotatable bonds is 6. The Labute approximate surface area is 162 Å². The molecule has 0 unspecified atom stereocenters. The summed E-state index contributed by atoms with van der Waals surface area (Å²) < 4.78 is 5.05. The van der Waals surface area contributed by atoms with Crippen LogP contribution in [-0.2, 0) is 14.3 Å². The van der Waals surface area contributed by atoms with Crippen molar-refractivity contribution in [1.82, 2.24) is 5.32 Å². The van der Waals surface area contributed by atoms with Crippen molar-refractivity contribution in [2.24, 2.45) is 0 Å². The molecule has 2 aromatic carbocycles. The molecule has 0 spiro atoms. The van der Waals surface area contributed by atoms with Gasteiger partial charge in [0, 0.05) is 16.3 Å². The highest BCUT2D eigenvalue weighted by Crippen LogP contribution is 2.14. The SMILES string of the molecule is Cc1ccc(C(=O)NCC(=O)O[C@H](C)C(=O)Nc2ccc(Cl)cc2)cc1C. The third kappa shape index (κ3) is 6.11. The second kappa shape index (κ2) is 9.19. The highest BCUT2D eigenvalue weighted by atomic mass is 35.5. The van der Waals surface area contributed by atoms with E-state index in [-0.39, 0.29) is 12.5 Å². The van der Waals surface area contributed by atoms with Gasteiger partial charge >= 0.3 is 5.97 Å². The average molecular weight is 389 g/mol. The molecule has 2 N–H and O–H groups in total. The lowest BCUT2D eigenvalue weighted by atomic mass is 10.1. The summed E-state index contributed by atoms with van der Waals surface area (Å²) in [4.78, 5) is 36.0. The van der Waals surface area contributed by atoms with Crippen LogP contribution < -0.4 is 10.6 Å². The van der Waals surface area contributed by atoms with Crippen LogP contribution in [0.2, 0.25) is 5.02 Å². The molecule has 142 valence electrons. The molecule has 0 aromatic heterocycles. The molecule has 0 aliphatic heterocycles. The number of carbonyl (C=O) groups is 3. The van der Waals surface area contributed by atoms with Crippen molar-refractivity contribution >= 4 is 35.1 Å².